The van der Waals surface area contributed by atoms with Gasteiger partial charge in [-0.15, -0.1) is 10.2 Å². The molecule has 26 heavy (non-hydrogen) atoms. The van der Waals surface area contributed by atoms with Gasteiger partial charge in [0.25, 0.3) is 0 Å². The molecule has 0 amide bonds. The van der Waals surface area contributed by atoms with Crippen molar-refractivity contribution in [2.45, 2.75) is 37.8 Å². The van der Waals surface area contributed by atoms with Gasteiger partial charge < -0.3 is 15.1 Å². The van der Waals surface area contributed by atoms with Crippen molar-refractivity contribution >= 4 is 11.8 Å². The van der Waals surface area contributed by atoms with Crippen molar-refractivity contribution < 1.29 is 13.7 Å². The molecule has 3 rings (SSSR count). The summed E-state index contributed by atoms with van der Waals surface area (Å²) in [4.78, 5) is 4.33. The fourth-order valence-electron chi connectivity index (χ4n) is 2.11. The van der Waals surface area contributed by atoms with Gasteiger partial charge in [0.05, 0.1) is 5.75 Å². The van der Waals surface area contributed by atoms with Crippen LogP contribution in [0.25, 0.3) is 0 Å². The molecule has 138 valence electrons. The van der Waals surface area contributed by atoms with Gasteiger partial charge >= 0.3 is 0 Å². The van der Waals surface area contributed by atoms with Crippen molar-refractivity contribution in [3.05, 3.63) is 47.6 Å². The molecule has 0 aliphatic carbocycles. The molecule has 1 aromatic carbocycles. The van der Waals surface area contributed by atoms with Crippen LogP contribution in [0, 0.1) is 11.7 Å². The first-order chi connectivity index (χ1) is 12.5. The third-order valence-corrected chi connectivity index (χ3v) is 4.27. The number of nitrogens with zero attached hydrogens (tertiary/aromatic N) is 5. The van der Waals surface area contributed by atoms with E-state index in [0.717, 1.165) is 6.42 Å². The summed E-state index contributed by atoms with van der Waals surface area (Å²) in [6.07, 6.45) is 0.770. The molecule has 0 aliphatic rings. The Hall–Kier alpha value is -2.62. The first kappa shape index (κ1) is 18.2. The van der Waals surface area contributed by atoms with E-state index in [0.29, 0.717) is 40.1 Å². The fourth-order valence-corrected chi connectivity index (χ4v) is 2.82. The molecule has 2 aromatic heterocycles. The Bertz CT molecular complexity index is 849. The maximum absolute atomic E-state index is 12.9. The summed E-state index contributed by atoms with van der Waals surface area (Å²) in [5, 5.41) is 12.5. The lowest BCUT2D eigenvalue weighted by Gasteiger charge is -2.06. The predicted octanol–water partition coefficient (Wildman–Crippen LogP) is 2.58. The summed E-state index contributed by atoms with van der Waals surface area (Å²) >= 11 is 1.34. The van der Waals surface area contributed by atoms with Crippen molar-refractivity contribution in [3.63, 3.8) is 0 Å². The van der Waals surface area contributed by atoms with Crippen molar-refractivity contribution in [1.29, 1.82) is 0 Å². The van der Waals surface area contributed by atoms with Gasteiger partial charge in [0, 0.05) is 6.42 Å². The van der Waals surface area contributed by atoms with E-state index in [-0.39, 0.29) is 12.4 Å². The van der Waals surface area contributed by atoms with Crippen LogP contribution >= 0.6 is 11.8 Å². The molecule has 2 heterocycles. The lowest BCUT2D eigenvalue weighted by molar-refractivity contribution is 0.291. The first-order valence-electron chi connectivity index (χ1n) is 8.03. The largest absolute Gasteiger partial charge is 0.486 e. The van der Waals surface area contributed by atoms with Gasteiger partial charge in [-0.05, 0) is 30.2 Å². The van der Waals surface area contributed by atoms with Crippen LogP contribution in [0.15, 0.2) is 33.9 Å². The molecular formula is C16H19FN6O2S. The lowest BCUT2D eigenvalue weighted by atomic mass is 10.1. The van der Waals surface area contributed by atoms with Crippen molar-refractivity contribution in [3.8, 4) is 5.75 Å². The van der Waals surface area contributed by atoms with E-state index in [4.69, 9.17) is 15.1 Å². The summed E-state index contributed by atoms with van der Waals surface area (Å²) in [5.74, 6) is 8.75. The minimum Gasteiger partial charge on any atom is -0.486 e. The standard InChI is InChI=1S/C16H19FN6O2S/c1-10(2)7-13-19-15(25-22-13)9-26-16-21-20-14(23(16)18)8-24-12-5-3-11(17)4-6-12/h3-6,10H,7-9,18H2,1-2H3. The Morgan fingerprint density at radius 1 is 1.27 bits per heavy atom. The van der Waals surface area contributed by atoms with Crippen LogP contribution in [-0.2, 0) is 18.8 Å². The summed E-state index contributed by atoms with van der Waals surface area (Å²) in [7, 11) is 0. The molecule has 8 nitrogen and oxygen atoms in total. The zero-order chi connectivity index (χ0) is 18.5. The van der Waals surface area contributed by atoms with Gasteiger partial charge in [0.2, 0.25) is 11.0 Å². The SMILES string of the molecule is CC(C)Cc1noc(CSc2nnc(COc3ccc(F)cc3)n2N)n1. The van der Waals surface area contributed by atoms with Crippen LogP contribution in [0.5, 0.6) is 5.75 Å². The van der Waals surface area contributed by atoms with Gasteiger partial charge in [-0.3, -0.25) is 0 Å². The first-order valence-corrected chi connectivity index (χ1v) is 9.02. The van der Waals surface area contributed by atoms with Gasteiger partial charge in [-0.1, -0.05) is 30.8 Å². The van der Waals surface area contributed by atoms with E-state index in [2.05, 4.69) is 34.2 Å². The van der Waals surface area contributed by atoms with Gasteiger partial charge in [-0.2, -0.15) is 4.98 Å². The minimum atomic E-state index is -0.324. The fraction of sp³-hybridized carbons (Fsp3) is 0.375. The molecule has 0 fully saturated rings. The highest BCUT2D eigenvalue weighted by Gasteiger charge is 2.14. The average Bonchev–Trinajstić information content (AvgIpc) is 3.19. The molecule has 0 radical (unpaired) electrons. The smallest absolute Gasteiger partial charge is 0.237 e. The number of rotatable bonds is 8. The maximum Gasteiger partial charge on any atom is 0.237 e. The molecule has 0 atom stereocenters. The Balaban J connectivity index is 1.55. The molecule has 0 saturated heterocycles. The summed E-state index contributed by atoms with van der Waals surface area (Å²) in [6.45, 7) is 4.31. The van der Waals surface area contributed by atoms with E-state index in [9.17, 15) is 4.39 Å². The molecule has 3 aromatic rings. The Kier molecular flexibility index (Phi) is 5.71. The second kappa shape index (κ2) is 8.17. The van der Waals surface area contributed by atoms with Gasteiger partial charge in [0.15, 0.2) is 11.6 Å². The van der Waals surface area contributed by atoms with Gasteiger partial charge in [0.1, 0.15) is 18.2 Å². The zero-order valence-corrected chi connectivity index (χ0v) is 15.2. The molecular weight excluding hydrogens is 359 g/mol. The van der Waals surface area contributed by atoms with Crippen molar-refractivity contribution in [2.75, 3.05) is 5.84 Å². The normalized spacial score (nSPS) is 11.2. The van der Waals surface area contributed by atoms with Crippen LogP contribution < -0.4 is 10.6 Å². The zero-order valence-electron chi connectivity index (χ0n) is 14.4. The average molecular weight is 378 g/mol. The highest BCUT2D eigenvalue weighted by atomic mass is 32.2. The number of benzene rings is 1. The number of ether oxygens (including phenoxy) is 1. The van der Waals surface area contributed by atoms with E-state index < -0.39 is 0 Å². The maximum atomic E-state index is 12.9. The molecule has 0 saturated carbocycles. The van der Waals surface area contributed by atoms with Crippen LogP contribution in [0.1, 0.15) is 31.4 Å². The van der Waals surface area contributed by atoms with E-state index in [1.54, 1.807) is 0 Å². The van der Waals surface area contributed by atoms with E-state index >= 15 is 0 Å². The van der Waals surface area contributed by atoms with Crippen LogP contribution in [0.4, 0.5) is 4.39 Å². The Morgan fingerprint density at radius 3 is 2.77 bits per heavy atom. The summed E-state index contributed by atoms with van der Waals surface area (Å²) in [6, 6.07) is 5.71. The third-order valence-electron chi connectivity index (χ3n) is 3.34. The number of nitrogens with two attached hydrogens (primary N) is 1. The van der Waals surface area contributed by atoms with Crippen molar-refractivity contribution in [2.24, 2.45) is 5.92 Å². The minimum absolute atomic E-state index is 0.120. The molecule has 0 bridgehead atoms. The Morgan fingerprint density at radius 2 is 2.04 bits per heavy atom. The van der Waals surface area contributed by atoms with Gasteiger partial charge in [-0.25, -0.2) is 9.07 Å². The summed E-state index contributed by atoms with van der Waals surface area (Å²) < 4.78 is 25.0. The number of hydrogen-bond donors (Lipinski definition) is 1. The number of nitrogen functional groups attached to an aromatic ring is 1. The molecule has 0 aliphatic heterocycles. The second-order valence-electron chi connectivity index (χ2n) is 6.00. The lowest BCUT2D eigenvalue weighted by Crippen LogP contribution is -2.15. The third kappa shape index (κ3) is 4.72. The monoisotopic (exact) mass is 378 g/mol. The molecule has 10 heteroatoms. The molecule has 0 spiro atoms. The number of thioether (sulfide) groups is 1. The van der Waals surface area contributed by atoms with Crippen molar-refractivity contribution in [1.82, 2.24) is 25.0 Å². The highest BCUT2D eigenvalue weighted by Crippen LogP contribution is 2.20. The van der Waals surface area contributed by atoms with E-state index in [1.807, 2.05) is 0 Å². The molecule has 2 N–H and O–H groups in total. The highest BCUT2D eigenvalue weighted by molar-refractivity contribution is 7.98. The summed E-state index contributed by atoms with van der Waals surface area (Å²) in [5.41, 5.74) is 0. The number of halogens is 1. The van der Waals surface area contributed by atoms with Crippen LogP contribution in [-0.4, -0.2) is 25.0 Å². The van der Waals surface area contributed by atoms with Crippen LogP contribution in [0.2, 0.25) is 0 Å². The van der Waals surface area contributed by atoms with Crippen LogP contribution in [0.3, 0.4) is 0 Å². The Labute approximate surface area is 153 Å². The number of hydrogen-bond acceptors (Lipinski definition) is 8. The van der Waals surface area contributed by atoms with E-state index in [1.165, 1.54) is 40.7 Å². The molecule has 0 unspecified atom stereocenters. The number of aromatic nitrogens is 5. The second-order valence-corrected chi connectivity index (χ2v) is 6.94. The quantitative estimate of drug-likeness (QED) is 0.471. The predicted molar refractivity (Wildman–Crippen MR) is 93.3 cm³/mol. The topological polar surface area (TPSA) is 105 Å².